The van der Waals surface area contributed by atoms with Crippen LogP contribution in [-0.4, -0.2) is 66.2 Å². The summed E-state index contributed by atoms with van der Waals surface area (Å²) in [6, 6.07) is 3.31. The zero-order valence-electron chi connectivity index (χ0n) is 18.4. The molecular formula is C21H30N6O4. The van der Waals surface area contributed by atoms with Crippen LogP contribution in [0.15, 0.2) is 17.1 Å². The van der Waals surface area contributed by atoms with E-state index in [-0.39, 0.29) is 11.2 Å². The minimum absolute atomic E-state index is 0.0867. The van der Waals surface area contributed by atoms with E-state index in [1.54, 1.807) is 7.05 Å². The minimum atomic E-state index is -0.867. The number of nitrogens with zero attached hydrogens (tertiary/aromatic N) is 3. The summed E-state index contributed by atoms with van der Waals surface area (Å²) in [5.41, 5.74) is 3.82. The lowest BCUT2D eigenvalue weighted by atomic mass is 10.1. The molecule has 4 N–H and O–H groups in total. The summed E-state index contributed by atoms with van der Waals surface area (Å²) < 4.78 is 1.81. The third-order valence-corrected chi connectivity index (χ3v) is 5.20. The first-order chi connectivity index (χ1) is 14.8. The Morgan fingerprint density at radius 2 is 1.94 bits per heavy atom. The number of carbonyl (C=O) groups excluding carboxylic acids is 2. The van der Waals surface area contributed by atoms with Crippen LogP contribution >= 0.6 is 0 Å². The molecule has 1 unspecified atom stereocenters. The number of hydrogen-bond donors (Lipinski definition) is 4. The first kappa shape index (κ1) is 24.2. The summed E-state index contributed by atoms with van der Waals surface area (Å²) in [5.74, 6) is -1.29. The highest BCUT2D eigenvalue weighted by molar-refractivity contribution is 5.93. The Bertz CT molecular complexity index is 1030. The predicted molar refractivity (Wildman–Crippen MR) is 117 cm³/mol. The van der Waals surface area contributed by atoms with Gasteiger partial charge < -0.3 is 25.6 Å². The van der Waals surface area contributed by atoms with E-state index in [1.165, 1.54) is 7.05 Å². The second-order valence-electron chi connectivity index (χ2n) is 7.25. The van der Waals surface area contributed by atoms with Crippen molar-refractivity contribution in [2.75, 3.05) is 27.2 Å². The lowest BCUT2D eigenvalue weighted by Crippen LogP contribution is -2.37. The molecule has 0 aliphatic carbocycles. The van der Waals surface area contributed by atoms with Crippen molar-refractivity contribution in [1.29, 1.82) is 0 Å². The second kappa shape index (κ2) is 11.3. The molecule has 0 bridgehead atoms. The molecule has 1 atom stereocenters. The Morgan fingerprint density at radius 1 is 1.23 bits per heavy atom. The van der Waals surface area contributed by atoms with Crippen LogP contribution in [0.1, 0.15) is 34.5 Å². The number of aliphatic carboxylic acids is 1. The molecule has 0 radical (unpaired) electrons. The number of carboxylic acids is 1. The highest BCUT2D eigenvalue weighted by atomic mass is 16.4. The smallest absolute Gasteiger partial charge is 0.320 e. The van der Waals surface area contributed by atoms with Crippen LogP contribution in [0.2, 0.25) is 0 Å². The van der Waals surface area contributed by atoms with Gasteiger partial charge >= 0.3 is 5.97 Å². The third kappa shape index (κ3) is 5.96. The quantitative estimate of drug-likeness (QED) is 0.293. The molecule has 0 spiro atoms. The number of fused-ring (bicyclic) bond motifs is 1. The van der Waals surface area contributed by atoms with Crippen molar-refractivity contribution in [1.82, 2.24) is 25.5 Å². The maximum Gasteiger partial charge on any atom is 0.320 e. The number of likely N-dealkylation sites (N-methyl/N-ethyl adjacent to an activating group) is 1. The Kier molecular flexibility index (Phi) is 8.83. The molecular weight excluding hydrogens is 400 g/mol. The molecule has 0 aliphatic heterocycles. The number of benzene rings is 1. The van der Waals surface area contributed by atoms with E-state index in [9.17, 15) is 14.4 Å². The zero-order chi connectivity index (χ0) is 23.0. The molecule has 2 rings (SSSR count). The number of hydrogen-bond acceptors (Lipinski definition) is 6. The van der Waals surface area contributed by atoms with Crippen molar-refractivity contribution in [2.45, 2.75) is 39.3 Å². The normalized spacial score (nSPS) is 12.7. The highest BCUT2D eigenvalue weighted by Crippen LogP contribution is 2.17. The summed E-state index contributed by atoms with van der Waals surface area (Å²) in [6.45, 7) is 5.59. The molecule has 2 amide bonds. The summed E-state index contributed by atoms with van der Waals surface area (Å²) in [6.07, 6.45) is 1.60. The number of aryl methyl sites for hydroxylation is 2. The zero-order valence-corrected chi connectivity index (χ0v) is 18.4. The van der Waals surface area contributed by atoms with Gasteiger partial charge in [-0.2, -0.15) is 4.99 Å². The molecule has 1 heterocycles. The fourth-order valence-corrected chi connectivity index (χ4v) is 3.32. The molecule has 1 aromatic heterocycles. The van der Waals surface area contributed by atoms with E-state index in [1.807, 2.05) is 30.5 Å². The fourth-order valence-electron chi connectivity index (χ4n) is 3.32. The van der Waals surface area contributed by atoms with Crippen LogP contribution in [0.25, 0.3) is 11.0 Å². The Labute approximate surface area is 180 Å². The maximum atomic E-state index is 12.4. The Hall–Kier alpha value is -3.11. The van der Waals surface area contributed by atoms with Gasteiger partial charge in [0.2, 0.25) is 6.41 Å². The number of amides is 2. The largest absolute Gasteiger partial charge is 0.480 e. The third-order valence-electron chi connectivity index (χ3n) is 5.20. The van der Waals surface area contributed by atoms with Crippen LogP contribution in [0.3, 0.4) is 0 Å². The molecule has 2 aromatic rings. The molecule has 0 aliphatic rings. The monoisotopic (exact) mass is 430 g/mol. The number of nitrogens with one attached hydrogen (secondary N) is 3. The van der Waals surface area contributed by atoms with Crippen LogP contribution < -0.4 is 21.4 Å². The van der Waals surface area contributed by atoms with Gasteiger partial charge in [0.05, 0.1) is 11.0 Å². The molecule has 31 heavy (non-hydrogen) atoms. The summed E-state index contributed by atoms with van der Waals surface area (Å²) in [4.78, 5) is 43.0. The van der Waals surface area contributed by atoms with Crippen molar-refractivity contribution in [3.8, 4) is 0 Å². The number of carboxylic acid groups (broad SMARTS) is 1. The lowest BCUT2D eigenvalue weighted by Gasteiger charge is -2.16. The van der Waals surface area contributed by atoms with Crippen LogP contribution in [0.4, 0.5) is 0 Å². The molecule has 10 heteroatoms. The van der Waals surface area contributed by atoms with Crippen LogP contribution in [-0.2, 0) is 16.1 Å². The standard InChI is InChI=1S/C21H30N6O4/c1-13-10-16-17(11-14(13)2)27(19(25-12-28)18(26-16)20(29)23-4)9-8-24-7-5-6-15(22-3)21(30)31/h10-12,15,22,24H,5-9H2,1-4H3,(H,23,29)(H,30,31). The van der Waals surface area contributed by atoms with Gasteiger partial charge in [-0.15, -0.1) is 0 Å². The van der Waals surface area contributed by atoms with Gasteiger partial charge in [-0.25, -0.2) is 4.98 Å². The molecule has 0 fully saturated rings. The van der Waals surface area contributed by atoms with Gasteiger partial charge in [0.1, 0.15) is 6.04 Å². The van der Waals surface area contributed by atoms with Gasteiger partial charge in [-0.1, -0.05) is 0 Å². The number of rotatable bonds is 11. The van der Waals surface area contributed by atoms with Crippen molar-refractivity contribution in [2.24, 2.45) is 4.99 Å². The van der Waals surface area contributed by atoms with Crippen molar-refractivity contribution >= 4 is 29.3 Å². The fraction of sp³-hybridized carbons (Fsp3) is 0.476. The number of carbonyl (C=O) groups is 3. The van der Waals surface area contributed by atoms with Gasteiger partial charge in [0, 0.05) is 20.1 Å². The Balaban J connectivity index is 2.30. The first-order valence-electron chi connectivity index (χ1n) is 10.2. The minimum Gasteiger partial charge on any atom is -0.480 e. The summed E-state index contributed by atoms with van der Waals surface area (Å²) in [7, 11) is 3.13. The topological polar surface area (TPSA) is 138 Å². The molecule has 1 aromatic carbocycles. The van der Waals surface area contributed by atoms with Gasteiger partial charge in [-0.3, -0.25) is 14.4 Å². The first-order valence-corrected chi connectivity index (χ1v) is 10.2. The second-order valence-corrected chi connectivity index (χ2v) is 7.25. The Morgan fingerprint density at radius 3 is 2.55 bits per heavy atom. The summed E-state index contributed by atoms with van der Waals surface area (Å²) in [5, 5.41) is 17.7. The van der Waals surface area contributed by atoms with E-state index in [4.69, 9.17) is 5.11 Å². The maximum absolute atomic E-state index is 12.4. The van der Waals surface area contributed by atoms with Crippen LogP contribution in [0.5, 0.6) is 0 Å². The molecule has 0 saturated carbocycles. The van der Waals surface area contributed by atoms with E-state index in [2.05, 4.69) is 25.9 Å². The van der Waals surface area contributed by atoms with E-state index in [0.29, 0.717) is 44.4 Å². The van der Waals surface area contributed by atoms with Gasteiger partial charge in [0.15, 0.2) is 11.2 Å². The average Bonchev–Trinajstić information content (AvgIpc) is 2.74. The molecule has 168 valence electrons. The summed E-state index contributed by atoms with van der Waals surface area (Å²) >= 11 is 0. The van der Waals surface area contributed by atoms with Crippen molar-refractivity contribution in [3.05, 3.63) is 34.4 Å². The molecule has 10 nitrogen and oxygen atoms in total. The predicted octanol–water partition coefficient (Wildman–Crippen LogP) is 0.112. The SMILES string of the molecule is CNC(=O)c1nc2cc(C)c(C)cc2n(CCNCCCC(NC)C(=O)O)c1=NC=O. The van der Waals surface area contributed by atoms with Crippen LogP contribution in [0, 0.1) is 13.8 Å². The van der Waals surface area contributed by atoms with E-state index >= 15 is 0 Å². The van der Waals surface area contributed by atoms with Crippen molar-refractivity contribution < 1.29 is 19.5 Å². The van der Waals surface area contributed by atoms with Crippen molar-refractivity contribution in [3.63, 3.8) is 0 Å². The highest BCUT2D eigenvalue weighted by Gasteiger charge is 2.16. The van der Waals surface area contributed by atoms with E-state index in [0.717, 1.165) is 16.6 Å². The average molecular weight is 431 g/mol. The number of aromatic nitrogens is 2. The lowest BCUT2D eigenvalue weighted by molar-refractivity contribution is -0.139. The molecule has 0 saturated heterocycles. The van der Waals surface area contributed by atoms with Gasteiger partial charge in [0.25, 0.3) is 5.91 Å². The van der Waals surface area contributed by atoms with Gasteiger partial charge in [-0.05, 0) is 63.5 Å². The van der Waals surface area contributed by atoms with E-state index < -0.39 is 17.9 Å².